The first-order chi connectivity index (χ1) is 17.3. The zero-order valence-corrected chi connectivity index (χ0v) is 23.1. The molecule has 1 N–H and O–H groups in total. The van der Waals surface area contributed by atoms with Gasteiger partial charge in [0.15, 0.2) is 0 Å². The summed E-state index contributed by atoms with van der Waals surface area (Å²) in [6.45, 7) is 10.4. The lowest BCUT2D eigenvalue weighted by Gasteiger charge is -2.23. The lowest BCUT2D eigenvalue weighted by atomic mass is 9.98. The molecule has 36 heavy (non-hydrogen) atoms. The molecule has 0 aromatic heterocycles. The van der Waals surface area contributed by atoms with Crippen LogP contribution in [0.4, 0.5) is 0 Å². The second-order valence-corrected chi connectivity index (χ2v) is 15.0. The molecule has 3 aromatic rings. The highest BCUT2D eigenvalue weighted by molar-refractivity contribution is 6.89. The Kier molecular flexibility index (Phi) is 10.3. The third-order valence-electron chi connectivity index (χ3n) is 6.90. The lowest BCUT2D eigenvalue weighted by molar-refractivity contribution is -0.139. The molecule has 0 aliphatic carbocycles. The van der Waals surface area contributed by atoms with E-state index in [0.717, 1.165) is 18.9 Å². The smallest absolute Gasteiger partial charge is 0.335 e. The average molecular weight is 501 g/mol. The number of carbonyl (C=O) groups is 1. The van der Waals surface area contributed by atoms with Crippen LogP contribution in [0.5, 0.6) is 0 Å². The number of unbranched alkanes of at least 4 members (excludes halogenated alkanes) is 2. The molecule has 0 heterocycles. The Hall–Kier alpha value is -2.95. The summed E-state index contributed by atoms with van der Waals surface area (Å²) in [7, 11) is -1.64. The fraction of sp³-hybridized carbons (Fsp3) is 0.344. The van der Waals surface area contributed by atoms with Gasteiger partial charge in [0.1, 0.15) is 0 Å². The molecule has 0 atom stereocenters. The van der Waals surface area contributed by atoms with E-state index in [-0.39, 0.29) is 12.2 Å². The number of aliphatic hydroxyl groups excluding tert-OH is 1. The highest BCUT2D eigenvalue weighted by Gasteiger charge is 2.23. The zero-order valence-electron chi connectivity index (χ0n) is 22.1. The second-order valence-electron chi connectivity index (χ2n) is 10.2. The van der Waals surface area contributed by atoms with Gasteiger partial charge < -0.3 is 9.84 Å². The van der Waals surface area contributed by atoms with Gasteiger partial charge in [0.25, 0.3) is 0 Å². The van der Waals surface area contributed by atoms with Gasteiger partial charge >= 0.3 is 5.97 Å². The largest absolute Gasteiger partial charge is 0.462 e. The number of hydrogen-bond donors (Lipinski definition) is 1. The maximum Gasteiger partial charge on any atom is 0.335 e. The first-order valence-electron chi connectivity index (χ1n) is 13.1. The quantitative estimate of drug-likeness (QED) is 0.117. The maximum absolute atomic E-state index is 11.6. The summed E-state index contributed by atoms with van der Waals surface area (Å²) in [4.78, 5) is 11.6. The number of hydrogen-bond acceptors (Lipinski definition) is 3. The summed E-state index contributed by atoms with van der Waals surface area (Å²) in [6.07, 6.45) is 5.79. The molecule has 0 fully saturated rings. The normalized spacial score (nSPS) is 11.3. The summed E-state index contributed by atoms with van der Waals surface area (Å²) in [5, 5.41) is 10.4. The minimum atomic E-state index is -1.64. The lowest BCUT2D eigenvalue weighted by Crippen LogP contribution is -2.41. The van der Waals surface area contributed by atoms with Gasteiger partial charge in [0, 0.05) is 0 Å². The Bertz CT molecular complexity index is 1110. The minimum Gasteiger partial charge on any atom is -0.462 e. The van der Waals surface area contributed by atoms with Crippen LogP contribution in [0.3, 0.4) is 0 Å². The Labute approximate surface area is 217 Å². The van der Waals surface area contributed by atoms with Crippen molar-refractivity contribution in [3.8, 4) is 22.3 Å². The van der Waals surface area contributed by atoms with E-state index in [0.29, 0.717) is 6.61 Å². The van der Waals surface area contributed by atoms with Crippen molar-refractivity contribution in [2.75, 3.05) is 13.2 Å². The van der Waals surface area contributed by atoms with Crippen molar-refractivity contribution in [3.05, 3.63) is 90.5 Å². The fourth-order valence-electron chi connectivity index (χ4n) is 4.40. The number of carbonyl (C=O) groups excluding carboxylic acids is 1. The Balaban J connectivity index is 1.57. The zero-order chi connectivity index (χ0) is 26.0. The van der Waals surface area contributed by atoms with Crippen LogP contribution in [0.25, 0.3) is 22.3 Å². The SMILES string of the molecule is C=C(CO)C(=O)OCCC[Si](C)(C)c1ccc(-c2ccc(-c3ccc(CCCCC)cc3)cc2)cc1. The van der Waals surface area contributed by atoms with Crippen molar-refractivity contribution in [1.29, 1.82) is 0 Å². The molecule has 0 aliphatic heterocycles. The number of benzene rings is 3. The third kappa shape index (κ3) is 7.77. The molecular formula is C32H40O3Si. The Morgan fingerprint density at radius 1 is 0.806 bits per heavy atom. The highest BCUT2D eigenvalue weighted by Crippen LogP contribution is 2.26. The average Bonchev–Trinajstić information content (AvgIpc) is 2.91. The molecule has 0 saturated heterocycles. The van der Waals surface area contributed by atoms with Crippen LogP contribution in [0.1, 0.15) is 38.2 Å². The van der Waals surface area contributed by atoms with Crippen LogP contribution in [0, 0.1) is 0 Å². The Morgan fingerprint density at radius 3 is 1.81 bits per heavy atom. The van der Waals surface area contributed by atoms with Crippen LogP contribution in [0.15, 0.2) is 84.9 Å². The molecule has 0 radical (unpaired) electrons. The van der Waals surface area contributed by atoms with Crippen molar-refractivity contribution in [2.24, 2.45) is 0 Å². The van der Waals surface area contributed by atoms with E-state index in [9.17, 15) is 4.79 Å². The first kappa shape index (κ1) is 27.6. The molecule has 0 spiro atoms. The summed E-state index contributed by atoms with van der Waals surface area (Å²) < 4.78 is 5.19. The third-order valence-corrected chi connectivity index (χ3v) is 10.4. The van der Waals surface area contributed by atoms with Gasteiger partial charge in [-0.15, -0.1) is 0 Å². The first-order valence-corrected chi connectivity index (χ1v) is 16.3. The molecular weight excluding hydrogens is 460 g/mol. The monoisotopic (exact) mass is 500 g/mol. The van der Waals surface area contributed by atoms with Crippen molar-refractivity contribution < 1.29 is 14.6 Å². The number of rotatable bonds is 13. The van der Waals surface area contributed by atoms with Crippen LogP contribution in [-0.2, 0) is 16.0 Å². The molecule has 190 valence electrons. The van der Waals surface area contributed by atoms with E-state index < -0.39 is 14.0 Å². The van der Waals surface area contributed by atoms with Gasteiger partial charge in [-0.1, -0.05) is 123 Å². The fourth-order valence-corrected chi connectivity index (χ4v) is 6.79. The van der Waals surface area contributed by atoms with E-state index >= 15 is 0 Å². The highest BCUT2D eigenvalue weighted by atomic mass is 28.3. The summed E-state index contributed by atoms with van der Waals surface area (Å²) in [6, 6.07) is 27.8. The molecule has 3 aromatic carbocycles. The van der Waals surface area contributed by atoms with Crippen LogP contribution >= 0.6 is 0 Å². The molecule has 0 aliphatic rings. The van der Waals surface area contributed by atoms with Crippen molar-refractivity contribution in [1.82, 2.24) is 0 Å². The van der Waals surface area contributed by atoms with Gasteiger partial charge in [0.2, 0.25) is 0 Å². The van der Waals surface area contributed by atoms with Gasteiger partial charge in [-0.25, -0.2) is 4.79 Å². The summed E-state index contributed by atoms with van der Waals surface area (Å²) in [5.41, 5.74) is 6.46. The number of aryl methyl sites for hydroxylation is 1. The van der Waals surface area contributed by atoms with E-state index in [1.807, 2.05) is 0 Å². The van der Waals surface area contributed by atoms with Gasteiger partial charge in [-0.3, -0.25) is 0 Å². The molecule has 0 bridgehead atoms. The Morgan fingerprint density at radius 2 is 1.31 bits per heavy atom. The number of aliphatic hydroxyl groups is 1. The van der Waals surface area contributed by atoms with E-state index in [1.54, 1.807) is 0 Å². The summed E-state index contributed by atoms with van der Waals surface area (Å²) in [5.74, 6) is -0.508. The van der Waals surface area contributed by atoms with E-state index in [1.165, 1.54) is 52.3 Å². The molecule has 4 heteroatoms. The van der Waals surface area contributed by atoms with Crippen LogP contribution < -0.4 is 5.19 Å². The topological polar surface area (TPSA) is 46.5 Å². The summed E-state index contributed by atoms with van der Waals surface area (Å²) >= 11 is 0. The van der Waals surface area contributed by atoms with Crippen molar-refractivity contribution in [2.45, 2.75) is 58.2 Å². The minimum absolute atomic E-state index is 0.103. The van der Waals surface area contributed by atoms with Gasteiger partial charge in [-0.05, 0) is 47.1 Å². The molecule has 3 rings (SSSR count). The van der Waals surface area contributed by atoms with Gasteiger partial charge in [0.05, 0.1) is 26.9 Å². The van der Waals surface area contributed by atoms with E-state index in [2.05, 4.69) is 99.4 Å². The molecule has 3 nitrogen and oxygen atoms in total. The number of esters is 1. The number of ether oxygens (including phenoxy) is 1. The van der Waals surface area contributed by atoms with E-state index in [4.69, 9.17) is 9.84 Å². The molecule has 0 amide bonds. The molecule has 0 saturated carbocycles. The van der Waals surface area contributed by atoms with Crippen molar-refractivity contribution >= 4 is 19.2 Å². The predicted molar refractivity (Wildman–Crippen MR) is 154 cm³/mol. The van der Waals surface area contributed by atoms with Crippen LogP contribution in [-0.4, -0.2) is 32.4 Å². The molecule has 0 unspecified atom stereocenters. The second kappa shape index (κ2) is 13.4. The predicted octanol–water partition coefficient (Wildman–Crippen LogP) is 7.15. The standard InChI is InChI=1S/C32H40O3Si/c1-5-6-7-9-26-10-12-27(13-11-26)28-14-16-29(17-15-28)30-18-20-31(21-19-30)36(3,4)23-8-22-35-32(34)25(2)24-33/h10-21,33H,2,5-9,22-24H2,1,3-4H3. The van der Waals surface area contributed by atoms with Gasteiger partial charge in [-0.2, -0.15) is 0 Å². The maximum atomic E-state index is 11.6. The van der Waals surface area contributed by atoms with Crippen molar-refractivity contribution in [3.63, 3.8) is 0 Å². The van der Waals surface area contributed by atoms with Crippen LogP contribution in [0.2, 0.25) is 19.1 Å².